The molecule has 0 spiro atoms. The molecule has 0 fully saturated rings. The zero-order chi connectivity index (χ0) is 23.8. The fourth-order valence-electron chi connectivity index (χ4n) is 4.14. The van der Waals surface area contributed by atoms with Crippen LogP contribution < -0.4 is 14.8 Å². The van der Waals surface area contributed by atoms with Gasteiger partial charge in [0.1, 0.15) is 11.5 Å². The molecule has 0 aromatic heterocycles. The molecule has 0 unspecified atom stereocenters. The van der Waals surface area contributed by atoms with Gasteiger partial charge in [-0.15, -0.1) is 0 Å². The number of para-hydroxylation sites is 1. The van der Waals surface area contributed by atoms with Crippen molar-refractivity contribution in [2.45, 2.75) is 18.9 Å². The van der Waals surface area contributed by atoms with Crippen LogP contribution in [0.3, 0.4) is 0 Å². The molecule has 4 aromatic carbocycles. The highest BCUT2D eigenvalue weighted by molar-refractivity contribution is 5.94. The van der Waals surface area contributed by atoms with Crippen LogP contribution in [-0.4, -0.2) is 19.6 Å². The summed E-state index contributed by atoms with van der Waals surface area (Å²) in [6.45, 7) is 2.38. The van der Waals surface area contributed by atoms with E-state index < -0.39 is 5.60 Å². The molecule has 4 nitrogen and oxygen atoms in total. The van der Waals surface area contributed by atoms with Crippen LogP contribution in [0.25, 0.3) is 0 Å². The van der Waals surface area contributed by atoms with Crippen LogP contribution in [0.15, 0.2) is 109 Å². The second-order valence-electron chi connectivity index (χ2n) is 8.16. The van der Waals surface area contributed by atoms with Crippen molar-refractivity contribution >= 4 is 5.91 Å². The number of benzene rings is 4. The molecule has 0 saturated heterocycles. The Morgan fingerprint density at radius 3 is 1.91 bits per heavy atom. The minimum atomic E-state index is -0.776. The normalized spacial score (nSPS) is 11.0. The maximum absolute atomic E-state index is 12.9. The second-order valence-corrected chi connectivity index (χ2v) is 8.16. The van der Waals surface area contributed by atoms with E-state index in [4.69, 9.17) is 9.47 Å². The summed E-state index contributed by atoms with van der Waals surface area (Å²) < 4.78 is 12.1. The molecular formula is C30H29NO3. The van der Waals surface area contributed by atoms with Crippen LogP contribution in [0.5, 0.6) is 11.5 Å². The molecule has 0 aliphatic rings. The van der Waals surface area contributed by atoms with Crippen molar-refractivity contribution in [2.24, 2.45) is 0 Å². The summed E-state index contributed by atoms with van der Waals surface area (Å²) in [5.74, 6) is 1.32. The molecule has 0 bridgehead atoms. The number of methoxy groups -OCH3 is 1. The van der Waals surface area contributed by atoms with Gasteiger partial charge in [-0.3, -0.25) is 4.79 Å². The van der Waals surface area contributed by atoms with Gasteiger partial charge in [0.05, 0.1) is 7.11 Å². The molecule has 34 heavy (non-hydrogen) atoms. The average molecular weight is 452 g/mol. The highest BCUT2D eigenvalue weighted by atomic mass is 16.5. The molecule has 4 aromatic rings. The smallest absolute Gasteiger partial charge is 0.251 e. The van der Waals surface area contributed by atoms with E-state index in [9.17, 15) is 4.79 Å². The predicted molar refractivity (Wildman–Crippen MR) is 135 cm³/mol. The standard InChI is InChI=1S/C30H29NO3/c1-23-18-19-24(22-28(23)33-2)29(32)31-21-20-30(25-12-6-3-7-13-25,26-14-8-4-9-15-26)34-27-16-10-5-11-17-27/h3-19,22H,20-21H2,1-2H3,(H,31,32). The van der Waals surface area contributed by atoms with Crippen LogP contribution in [0, 0.1) is 6.92 Å². The van der Waals surface area contributed by atoms with Crippen molar-refractivity contribution < 1.29 is 14.3 Å². The summed E-state index contributed by atoms with van der Waals surface area (Å²) in [7, 11) is 1.61. The Hall–Kier alpha value is -4.05. The highest BCUT2D eigenvalue weighted by Gasteiger charge is 2.36. The van der Waals surface area contributed by atoms with Gasteiger partial charge in [0, 0.05) is 18.5 Å². The van der Waals surface area contributed by atoms with Crippen molar-refractivity contribution in [1.29, 1.82) is 0 Å². The molecule has 4 heteroatoms. The van der Waals surface area contributed by atoms with Crippen molar-refractivity contribution in [1.82, 2.24) is 5.32 Å². The first kappa shape index (κ1) is 23.1. The van der Waals surface area contributed by atoms with Crippen LogP contribution in [0.2, 0.25) is 0 Å². The first-order valence-corrected chi connectivity index (χ1v) is 11.4. The predicted octanol–water partition coefficient (Wildman–Crippen LogP) is 6.15. The third-order valence-electron chi connectivity index (χ3n) is 5.95. The first-order valence-electron chi connectivity index (χ1n) is 11.4. The van der Waals surface area contributed by atoms with Gasteiger partial charge in [-0.2, -0.15) is 0 Å². The SMILES string of the molecule is COc1cc(C(=O)NCCC(Oc2ccccc2)(c2ccccc2)c2ccccc2)ccc1C. The van der Waals surface area contributed by atoms with Gasteiger partial charge in [0.2, 0.25) is 0 Å². The lowest BCUT2D eigenvalue weighted by molar-refractivity contribution is 0.0880. The number of hydrogen-bond acceptors (Lipinski definition) is 3. The van der Waals surface area contributed by atoms with Crippen molar-refractivity contribution in [3.8, 4) is 11.5 Å². The summed E-state index contributed by atoms with van der Waals surface area (Å²) in [6, 6.07) is 35.6. The zero-order valence-corrected chi connectivity index (χ0v) is 19.5. The molecule has 1 amide bonds. The quantitative estimate of drug-likeness (QED) is 0.332. The number of carbonyl (C=O) groups excluding carboxylic acids is 1. The zero-order valence-electron chi connectivity index (χ0n) is 19.5. The number of rotatable bonds is 9. The van der Waals surface area contributed by atoms with Gasteiger partial charge in [-0.05, 0) is 47.9 Å². The average Bonchev–Trinajstić information content (AvgIpc) is 2.90. The van der Waals surface area contributed by atoms with E-state index >= 15 is 0 Å². The Morgan fingerprint density at radius 2 is 1.35 bits per heavy atom. The summed E-state index contributed by atoms with van der Waals surface area (Å²) in [5, 5.41) is 3.08. The Kier molecular flexibility index (Phi) is 7.28. The van der Waals surface area contributed by atoms with Crippen molar-refractivity contribution in [2.75, 3.05) is 13.7 Å². The topological polar surface area (TPSA) is 47.6 Å². The van der Waals surface area contributed by atoms with E-state index in [1.165, 1.54) is 0 Å². The maximum Gasteiger partial charge on any atom is 0.251 e. The third kappa shape index (κ3) is 5.12. The molecule has 172 valence electrons. The number of carbonyl (C=O) groups is 1. The van der Waals surface area contributed by atoms with E-state index in [0.717, 1.165) is 22.4 Å². The Morgan fingerprint density at radius 1 is 0.794 bits per heavy atom. The van der Waals surface area contributed by atoms with Gasteiger partial charge in [0.25, 0.3) is 5.91 Å². The Labute approximate surface area is 201 Å². The third-order valence-corrected chi connectivity index (χ3v) is 5.95. The maximum atomic E-state index is 12.9. The number of nitrogens with one attached hydrogen (secondary N) is 1. The lowest BCUT2D eigenvalue weighted by atomic mass is 9.83. The fraction of sp³-hybridized carbons (Fsp3) is 0.167. The Bertz CT molecular complexity index is 1170. The van der Waals surface area contributed by atoms with Gasteiger partial charge < -0.3 is 14.8 Å². The van der Waals surface area contributed by atoms with Gasteiger partial charge in [0.15, 0.2) is 5.60 Å². The molecule has 0 aliphatic carbocycles. The van der Waals surface area contributed by atoms with Crippen LogP contribution in [0.1, 0.15) is 33.5 Å². The monoisotopic (exact) mass is 451 g/mol. The summed E-state index contributed by atoms with van der Waals surface area (Å²) >= 11 is 0. The first-order chi connectivity index (χ1) is 16.6. The Balaban J connectivity index is 1.65. The lowest BCUT2D eigenvalue weighted by Gasteiger charge is -2.36. The van der Waals surface area contributed by atoms with E-state index in [0.29, 0.717) is 24.3 Å². The number of ether oxygens (including phenoxy) is 2. The van der Waals surface area contributed by atoms with Gasteiger partial charge in [-0.25, -0.2) is 0 Å². The largest absolute Gasteiger partial charge is 0.496 e. The minimum Gasteiger partial charge on any atom is -0.496 e. The highest BCUT2D eigenvalue weighted by Crippen LogP contribution is 2.38. The van der Waals surface area contributed by atoms with E-state index in [1.807, 2.05) is 85.8 Å². The van der Waals surface area contributed by atoms with Crippen LogP contribution >= 0.6 is 0 Å². The van der Waals surface area contributed by atoms with Crippen LogP contribution in [0.4, 0.5) is 0 Å². The van der Waals surface area contributed by atoms with Gasteiger partial charge >= 0.3 is 0 Å². The van der Waals surface area contributed by atoms with E-state index in [-0.39, 0.29) is 5.91 Å². The molecule has 1 N–H and O–H groups in total. The van der Waals surface area contributed by atoms with Crippen molar-refractivity contribution in [3.63, 3.8) is 0 Å². The van der Waals surface area contributed by atoms with E-state index in [1.54, 1.807) is 13.2 Å². The molecule has 0 atom stereocenters. The van der Waals surface area contributed by atoms with Crippen LogP contribution in [-0.2, 0) is 5.60 Å². The molecule has 0 saturated carbocycles. The lowest BCUT2D eigenvalue weighted by Crippen LogP contribution is -2.39. The number of amides is 1. The minimum absolute atomic E-state index is 0.145. The molecular weight excluding hydrogens is 422 g/mol. The number of aryl methyl sites for hydroxylation is 1. The van der Waals surface area contributed by atoms with E-state index in [2.05, 4.69) is 29.6 Å². The molecule has 0 heterocycles. The summed E-state index contributed by atoms with van der Waals surface area (Å²) in [5.41, 5.74) is 2.83. The molecule has 4 rings (SSSR count). The molecule has 0 radical (unpaired) electrons. The second kappa shape index (κ2) is 10.7. The summed E-state index contributed by atoms with van der Waals surface area (Å²) in [6.07, 6.45) is 0.546. The van der Waals surface area contributed by atoms with Gasteiger partial charge in [-0.1, -0.05) is 84.9 Å². The summed E-state index contributed by atoms with van der Waals surface area (Å²) in [4.78, 5) is 12.9. The number of hydrogen-bond donors (Lipinski definition) is 1. The van der Waals surface area contributed by atoms with Crippen molar-refractivity contribution in [3.05, 3.63) is 131 Å². The fourth-order valence-corrected chi connectivity index (χ4v) is 4.14. The molecule has 0 aliphatic heterocycles.